The first-order chi connectivity index (χ1) is 12.7. The maximum Gasteiger partial charge on any atom is 0.323 e. The van der Waals surface area contributed by atoms with Crippen LogP contribution in [-0.4, -0.2) is 29.6 Å². The van der Waals surface area contributed by atoms with Crippen LogP contribution in [0.5, 0.6) is 5.75 Å². The van der Waals surface area contributed by atoms with Crippen molar-refractivity contribution >= 4 is 22.5 Å². The number of urea groups is 1. The molecule has 2 amide bonds. The van der Waals surface area contributed by atoms with Crippen molar-refractivity contribution in [2.24, 2.45) is 0 Å². The minimum Gasteiger partial charge on any atom is -0.497 e. The first-order valence-corrected chi connectivity index (χ1v) is 10.2. The first kappa shape index (κ1) is 16.1. The Hall–Kier alpha value is -2.08. The average Bonchev–Trinajstić information content (AvgIpc) is 3.30. The summed E-state index contributed by atoms with van der Waals surface area (Å²) in [5, 5.41) is 3.81. The molecule has 2 aromatic rings. The third kappa shape index (κ3) is 2.67. The molecule has 1 N–H and O–H groups in total. The number of nitrogens with one attached hydrogen (secondary N) is 1. The number of carbonyl (C=O) groups excluding carboxylic acids is 1. The molecule has 0 bridgehead atoms. The lowest BCUT2D eigenvalue weighted by molar-refractivity contribution is 0.197. The Bertz CT molecular complexity index is 848. The molecule has 1 fully saturated rings. The Labute approximate surface area is 157 Å². The molecule has 1 saturated carbocycles. The number of thiazole rings is 1. The highest BCUT2D eigenvalue weighted by Gasteiger charge is 2.50. The van der Waals surface area contributed by atoms with E-state index in [1.807, 2.05) is 11.0 Å². The van der Waals surface area contributed by atoms with E-state index in [0.717, 1.165) is 43.1 Å². The zero-order valence-electron chi connectivity index (χ0n) is 15.0. The summed E-state index contributed by atoms with van der Waals surface area (Å²) < 4.78 is 5.39. The lowest BCUT2D eigenvalue weighted by Gasteiger charge is -2.35. The van der Waals surface area contributed by atoms with Crippen LogP contribution >= 0.6 is 11.3 Å². The number of benzene rings is 1. The number of carbonyl (C=O) groups is 1. The first-order valence-electron chi connectivity index (χ1n) is 9.39. The van der Waals surface area contributed by atoms with Crippen molar-refractivity contribution in [3.05, 3.63) is 39.9 Å². The van der Waals surface area contributed by atoms with Gasteiger partial charge in [0.05, 0.1) is 12.8 Å². The predicted molar refractivity (Wildman–Crippen MR) is 102 cm³/mol. The lowest BCUT2D eigenvalue weighted by atomic mass is 9.87. The number of rotatable bonds is 2. The number of ether oxygens (including phenoxy) is 1. The van der Waals surface area contributed by atoms with Gasteiger partial charge in [-0.05, 0) is 61.8 Å². The van der Waals surface area contributed by atoms with E-state index in [1.165, 1.54) is 34.5 Å². The van der Waals surface area contributed by atoms with E-state index in [0.29, 0.717) is 6.54 Å². The summed E-state index contributed by atoms with van der Waals surface area (Å²) in [4.78, 5) is 20.8. The third-order valence-electron chi connectivity index (χ3n) is 5.94. The fraction of sp³-hybridized carbons (Fsp3) is 0.500. The summed E-state index contributed by atoms with van der Waals surface area (Å²) in [6.45, 7) is 1.43. The zero-order valence-corrected chi connectivity index (χ0v) is 15.8. The minimum absolute atomic E-state index is 0.0242. The highest BCUT2D eigenvalue weighted by molar-refractivity contribution is 7.15. The van der Waals surface area contributed by atoms with E-state index in [4.69, 9.17) is 4.74 Å². The van der Waals surface area contributed by atoms with Gasteiger partial charge in [-0.2, -0.15) is 0 Å². The van der Waals surface area contributed by atoms with Crippen LogP contribution in [0.25, 0.3) is 0 Å². The van der Waals surface area contributed by atoms with Crippen LogP contribution in [-0.2, 0) is 24.8 Å². The highest BCUT2D eigenvalue weighted by atomic mass is 32.1. The van der Waals surface area contributed by atoms with Gasteiger partial charge in [-0.25, -0.2) is 9.78 Å². The van der Waals surface area contributed by atoms with Gasteiger partial charge in [0.25, 0.3) is 0 Å². The molecule has 3 aliphatic rings. The van der Waals surface area contributed by atoms with E-state index in [-0.39, 0.29) is 11.4 Å². The van der Waals surface area contributed by atoms with Crippen LogP contribution in [0, 0.1) is 0 Å². The molecule has 1 aromatic heterocycles. The number of aryl methyl sites for hydroxylation is 2. The van der Waals surface area contributed by atoms with Gasteiger partial charge in [0.2, 0.25) is 0 Å². The normalized spacial score (nSPS) is 19.7. The molecule has 6 heteroatoms. The number of hydrogen-bond donors (Lipinski definition) is 1. The van der Waals surface area contributed by atoms with Gasteiger partial charge in [-0.3, -0.25) is 5.32 Å². The molecule has 0 radical (unpaired) electrons. The number of hydrogen-bond acceptors (Lipinski definition) is 4. The summed E-state index contributed by atoms with van der Waals surface area (Å²) in [6.07, 6.45) is 6.87. The summed E-state index contributed by atoms with van der Waals surface area (Å²) in [5.41, 5.74) is 3.92. The number of nitrogens with zero attached hydrogens (tertiary/aromatic N) is 2. The Morgan fingerprint density at radius 3 is 2.92 bits per heavy atom. The number of aromatic nitrogens is 1. The van der Waals surface area contributed by atoms with Gasteiger partial charge < -0.3 is 9.64 Å². The van der Waals surface area contributed by atoms with Gasteiger partial charge in [0.15, 0.2) is 5.13 Å². The molecule has 1 aromatic carbocycles. The molecule has 1 spiro atoms. The Morgan fingerprint density at radius 1 is 1.31 bits per heavy atom. The Morgan fingerprint density at radius 2 is 2.15 bits per heavy atom. The molecule has 1 aliphatic heterocycles. The van der Waals surface area contributed by atoms with Crippen molar-refractivity contribution in [1.82, 2.24) is 9.88 Å². The molecule has 26 heavy (non-hydrogen) atoms. The molecule has 0 unspecified atom stereocenters. The van der Waals surface area contributed by atoms with Gasteiger partial charge in [-0.1, -0.05) is 6.07 Å². The van der Waals surface area contributed by atoms with Crippen molar-refractivity contribution in [2.45, 2.75) is 50.5 Å². The number of anilines is 1. The Balaban J connectivity index is 1.36. The highest BCUT2D eigenvalue weighted by Crippen LogP contribution is 2.53. The number of amides is 2. The molecule has 5 rings (SSSR count). The standard InChI is InChI=1S/C20H23N3O2S/c1-25-14-7-6-13-11-23(12-20(8-9-20)15(13)10-14)19(24)22-18-21-16-4-2-3-5-17(16)26-18/h6-7,10H,2-5,8-9,11-12H2,1H3,(H,21,22,24). The summed E-state index contributed by atoms with van der Waals surface area (Å²) in [5.74, 6) is 0.904. The van der Waals surface area contributed by atoms with Crippen molar-refractivity contribution in [3.63, 3.8) is 0 Å². The minimum atomic E-state index is -0.0242. The Kier molecular flexibility index (Phi) is 3.71. The maximum atomic E-state index is 12.9. The maximum absolute atomic E-state index is 12.9. The summed E-state index contributed by atoms with van der Waals surface area (Å²) >= 11 is 1.65. The SMILES string of the molecule is COc1ccc2c(c1)C1(CC1)CN(C(=O)Nc1nc3c(s1)CCCC3)C2. The molecule has 136 valence electrons. The predicted octanol–water partition coefficient (Wildman–Crippen LogP) is 4.11. The van der Waals surface area contributed by atoms with Crippen molar-refractivity contribution < 1.29 is 9.53 Å². The van der Waals surface area contributed by atoms with E-state index < -0.39 is 0 Å². The molecule has 5 nitrogen and oxygen atoms in total. The van der Waals surface area contributed by atoms with Crippen molar-refractivity contribution in [2.75, 3.05) is 19.0 Å². The zero-order chi connectivity index (χ0) is 17.7. The molecular formula is C20H23N3O2S. The van der Waals surface area contributed by atoms with Crippen LogP contribution in [0.1, 0.15) is 47.4 Å². The third-order valence-corrected chi connectivity index (χ3v) is 7.02. The second kappa shape index (κ2) is 5.98. The molecule has 2 aliphatic carbocycles. The number of methoxy groups -OCH3 is 1. The second-order valence-corrected chi connectivity index (χ2v) is 8.77. The largest absolute Gasteiger partial charge is 0.497 e. The number of fused-ring (bicyclic) bond motifs is 3. The van der Waals surface area contributed by atoms with Gasteiger partial charge in [0, 0.05) is 23.4 Å². The summed E-state index contributed by atoms with van der Waals surface area (Å²) in [6, 6.07) is 6.23. The van der Waals surface area contributed by atoms with Crippen molar-refractivity contribution in [1.29, 1.82) is 0 Å². The van der Waals surface area contributed by atoms with E-state index in [1.54, 1.807) is 18.4 Å². The van der Waals surface area contributed by atoms with E-state index in [9.17, 15) is 4.79 Å². The van der Waals surface area contributed by atoms with Gasteiger partial charge >= 0.3 is 6.03 Å². The van der Waals surface area contributed by atoms with Crippen LogP contribution in [0.3, 0.4) is 0 Å². The van der Waals surface area contributed by atoms with Crippen molar-refractivity contribution in [3.8, 4) is 5.75 Å². The van der Waals surface area contributed by atoms with Gasteiger partial charge in [-0.15, -0.1) is 11.3 Å². The molecule has 0 atom stereocenters. The lowest BCUT2D eigenvalue weighted by Crippen LogP contribution is -2.43. The van der Waals surface area contributed by atoms with Crippen LogP contribution in [0.2, 0.25) is 0 Å². The average molecular weight is 369 g/mol. The molecule has 0 saturated heterocycles. The van der Waals surface area contributed by atoms with Gasteiger partial charge in [0.1, 0.15) is 5.75 Å². The van der Waals surface area contributed by atoms with Crippen LogP contribution in [0.15, 0.2) is 18.2 Å². The van der Waals surface area contributed by atoms with Crippen LogP contribution < -0.4 is 10.1 Å². The summed E-state index contributed by atoms with van der Waals surface area (Å²) in [7, 11) is 1.71. The molecule has 2 heterocycles. The van der Waals surface area contributed by atoms with E-state index >= 15 is 0 Å². The van der Waals surface area contributed by atoms with Crippen LogP contribution in [0.4, 0.5) is 9.93 Å². The monoisotopic (exact) mass is 369 g/mol. The molecular weight excluding hydrogens is 346 g/mol. The fourth-order valence-electron chi connectivity index (χ4n) is 4.32. The van der Waals surface area contributed by atoms with E-state index in [2.05, 4.69) is 22.4 Å². The fourth-order valence-corrected chi connectivity index (χ4v) is 5.36. The quantitative estimate of drug-likeness (QED) is 0.867. The smallest absolute Gasteiger partial charge is 0.323 e. The second-order valence-electron chi connectivity index (χ2n) is 7.69. The topological polar surface area (TPSA) is 54.5 Å².